The van der Waals surface area contributed by atoms with Crippen molar-refractivity contribution in [3.63, 3.8) is 0 Å². The van der Waals surface area contributed by atoms with E-state index in [1.165, 1.54) is 30.6 Å². The Kier molecular flexibility index (Phi) is 8.56. The summed E-state index contributed by atoms with van der Waals surface area (Å²) in [4.78, 5) is 35.4. The first-order valence-corrected chi connectivity index (χ1v) is 15.6. The van der Waals surface area contributed by atoms with Crippen LogP contribution in [0.15, 0.2) is 42.3 Å². The maximum Gasteiger partial charge on any atom is 0.246 e. The van der Waals surface area contributed by atoms with E-state index >= 15 is 4.39 Å². The van der Waals surface area contributed by atoms with Crippen LogP contribution in [-0.2, 0) is 20.9 Å². The van der Waals surface area contributed by atoms with Crippen LogP contribution >= 0.6 is 11.3 Å². The highest BCUT2D eigenvalue weighted by Gasteiger charge is 2.32. The lowest BCUT2D eigenvalue weighted by Crippen LogP contribution is -2.48. The van der Waals surface area contributed by atoms with Gasteiger partial charge in [-0.2, -0.15) is 5.10 Å². The van der Waals surface area contributed by atoms with Gasteiger partial charge in [0.25, 0.3) is 0 Å². The molecule has 45 heavy (non-hydrogen) atoms. The minimum absolute atomic E-state index is 0.0220. The summed E-state index contributed by atoms with van der Waals surface area (Å²) < 4.78 is 44.2. The molecule has 2 aliphatic heterocycles. The molecule has 1 fully saturated rings. The number of thiophene rings is 1. The molecule has 0 N–H and O–H groups in total. The number of pyridine rings is 1. The second kappa shape index (κ2) is 12.6. The quantitative estimate of drug-likeness (QED) is 0.201. The van der Waals surface area contributed by atoms with Crippen LogP contribution in [0.3, 0.4) is 0 Å². The van der Waals surface area contributed by atoms with Gasteiger partial charge in [0.2, 0.25) is 11.8 Å². The Balaban J connectivity index is 1.56. The second-order valence-corrected chi connectivity index (χ2v) is 11.9. The number of piperazine rings is 1. The highest BCUT2D eigenvalue weighted by Crippen LogP contribution is 2.47. The van der Waals surface area contributed by atoms with Gasteiger partial charge in [0.15, 0.2) is 0 Å². The van der Waals surface area contributed by atoms with Gasteiger partial charge < -0.3 is 24.2 Å². The Bertz CT molecular complexity index is 1780. The number of hydrogen-bond acceptors (Lipinski definition) is 8. The van der Waals surface area contributed by atoms with Crippen LogP contribution in [0.4, 0.5) is 14.6 Å². The molecule has 0 bridgehead atoms. The number of benzene rings is 1. The molecule has 0 spiro atoms. The van der Waals surface area contributed by atoms with Crippen LogP contribution in [0.25, 0.3) is 32.6 Å². The Morgan fingerprint density at radius 3 is 2.58 bits per heavy atom. The maximum absolute atomic E-state index is 16.0. The van der Waals surface area contributed by atoms with Crippen LogP contribution in [0.5, 0.6) is 5.75 Å². The molecular weight excluding hydrogens is 602 g/mol. The molecule has 2 aliphatic rings. The number of aromatic nitrogens is 3. The number of carbonyl (C=O) groups excluding carboxylic acids is 2. The number of ether oxygens (including phenoxy) is 2. The average molecular weight is 637 g/mol. The van der Waals surface area contributed by atoms with Crippen molar-refractivity contribution < 1.29 is 27.8 Å². The smallest absolute Gasteiger partial charge is 0.246 e. The van der Waals surface area contributed by atoms with E-state index in [9.17, 15) is 14.0 Å². The molecular formula is C32H34F2N6O4S. The number of fused-ring (bicyclic) bond motifs is 2. The highest BCUT2D eigenvalue weighted by molar-refractivity contribution is 7.18. The summed E-state index contributed by atoms with van der Waals surface area (Å²) >= 11 is 1.42. The van der Waals surface area contributed by atoms with E-state index in [2.05, 4.69) is 11.5 Å². The largest absolute Gasteiger partial charge is 0.490 e. The number of halogens is 2. The van der Waals surface area contributed by atoms with Crippen LogP contribution in [-0.4, -0.2) is 89.4 Å². The molecule has 13 heteroatoms. The molecule has 5 heterocycles. The molecule has 0 aliphatic carbocycles. The van der Waals surface area contributed by atoms with E-state index < -0.39 is 11.6 Å². The minimum Gasteiger partial charge on any atom is -0.490 e. The molecule has 1 atom stereocenters. The first-order chi connectivity index (χ1) is 21.7. The number of hydrogen-bond donors (Lipinski definition) is 0. The van der Waals surface area contributed by atoms with E-state index in [4.69, 9.17) is 19.6 Å². The van der Waals surface area contributed by atoms with Crippen molar-refractivity contribution in [1.82, 2.24) is 24.6 Å². The molecule has 1 aromatic carbocycles. The summed E-state index contributed by atoms with van der Waals surface area (Å²) in [5, 5.41) is 7.63. The fraction of sp³-hybridized carbons (Fsp3) is 0.375. The average Bonchev–Trinajstić information content (AvgIpc) is 3.69. The Labute approximate surface area is 263 Å². The summed E-state index contributed by atoms with van der Waals surface area (Å²) in [6.45, 7) is 10.6. The third kappa shape index (κ3) is 5.66. The summed E-state index contributed by atoms with van der Waals surface area (Å²) in [6, 6.07) is 5.55. The van der Waals surface area contributed by atoms with Crippen molar-refractivity contribution in [1.29, 1.82) is 0 Å². The molecule has 6 rings (SSSR count). The minimum atomic E-state index is -0.789. The third-order valence-electron chi connectivity index (χ3n) is 8.39. The lowest BCUT2D eigenvalue weighted by Gasteiger charge is -2.35. The molecule has 1 unspecified atom stereocenters. The summed E-state index contributed by atoms with van der Waals surface area (Å²) in [6.07, 6.45) is 1.30. The van der Waals surface area contributed by atoms with Crippen molar-refractivity contribution in [2.75, 3.05) is 57.9 Å². The molecule has 3 aromatic heterocycles. The molecule has 0 saturated carbocycles. The molecule has 10 nitrogen and oxygen atoms in total. The van der Waals surface area contributed by atoms with Crippen molar-refractivity contribution in [2.24, 2.45) is 0 Å². The van der Waals surface area contributed by atoms with Crippen LogP contribution in [0, 0.1) is 11.6 Å². The zero-order valence-electron chi connectivity index (χ0n) is 25.4. The van der Waals surface area contributed by atoms with Gasteiger partial charge in [-0.3, -0.25) is 14.3 Å². The van der Waals surface area contributed by atoms with Crippen LogP contribution in [0.1, 0.15) is 25.6 Å². The van der Waals surface area contributed by atoms with Gasteiger partial charge in [-0.05, 0) is 30.5 Å². The molecule has 0 radical (unpaired) electrons. The van der Waals surface area contributed by atoms with Gasteiger partial charge >= 0.3 is 0 Å². The van der Waals surface area contributed by atoms with Gasteiger partial charge in [-0.1, -0.05) is 6.58 Å². The normalized spacial score (nSPS) is 16.6. The van der Waals surface area contributed by atoms with Crippen LogP contribution in [0.2, 0.25) is 0 Å². The second-order valence-electron chi connectivity index (χ2n) is 11.0. The molecule has 1 saturated heterocycles. The van der Waals surface area contributed by atoms with E-state index in [0.717, 1.165) is 21.8 Å². The van der Waals surface area contributed by atoms with Crippen LogP contribution < -0.4 is 9.64 Å². The monoisotopic (exact) mass is 636 g/mol. The zero-order valence-corrected chi connectivity index (χ0v) is 26.2. The molecule has 236 valence electrons. The Hall–Kier alpha value is -4.36. The topological polar surface area (TPSA) is 93.0 Å². The Morgan fingerprint density at radius 2 is 1.87 bits per heavy atom. The third-order valence-corrected chi connectivity index (χ3v) is 9.32. The fourth-order valence-corrected chi connectivity index (χ4v) is 7.02. The van der Waals surface area contributed by atoms with Gasteiger partial charge in [-0.15, -0.1) is 11.3 Å². The first kappa shape index (κ1) is 30.7. The van der Waals surface area contributed by atoms with Crippen molar-refractivity contribution >= 4 is 39.1 Å². The molecule has 2 amide bonds. The number of methoxy groups -OCH3 is 1. The number of rotatable bonds is 8. The van der Waals surface area contributed by atoms with Crippen molar-refractivity contribution in [2.45, 2.75) is 26.4 Å². The van der Waals surface area contributed by atoms with Crippen molar-refractivity contribution in [3.05, 3.63) is 59.6 Å². The Morgan fingerprint density at radius 1 is 1.09 bits per heavy atom. The summed E-state index contributed by atoms with van der Waals surface area (Å²) in [5.74, 6) is -0.977. The predicted octanol–water partition coefficient (Wildman–Crippen LogP) is 4.89. The number of anilines is 1. The molecule has 4 aromatic rings. The first-order valence-electron chi connectivity index (χ1n) is 14.8. The van der Waals surface area contributed by atoms with Gasteiger partial charge in [-0.25, -0.2) is 13.8 Å². The predicted molar refractivity (Wildman–Crippen MR) is 168 cm³/mol. The lowest BCUT2D eigenvalue weighted by molar-refractivity contribution is -0.129. The number of carbonyl (C=O) groups is 2. The maximum atomic E-state index is 16.0. The van der Waals surface area contributed by atoms with Crippen molar-refractivity contribution in [3.8, 4) is 28.3 Å². The summed E-state index contributed by atoms with van der Waals surface area (Å²) in [5.41, 5.74) is 2.23. The van der Waals surface area contributed by atoms with E-state index in [1.54, 1.807) is 16.7 Å². The standard InChI is InChI=1S/C32H34F2N6O4S/c1-5-27(42)39-11-12-40-25(19(39)2)18-24(36-40)30-29(28-23(34)16-21(33)17-26(28)44-14-13-43-4)31-22(6-15-45-31)32(35-30)38-9-7-37(8-10-38)20(3)41/h5-6,15-19H,1,7-14H2,2-4H3. The highest BCUT2D eigenvalue weighted by atomic mass is 32.1. The van der Waals surface area contributed by atoms with E-state index in [0.29, 0.717) is 62.0 Å². The van der Waals surface area contributed by atoms with Gasteiger partial charge in [0.1, 0.15) is 41.2 Å². The number of amides is 2. The summed E-state index contributed by atoms with van der Waals surface area (Å²) in [7, 11) is 1.52. The number of nitrogens with zero attached hydrogens (tertiary/aromatic N) is 6. The SMILES string of the molecule is C=CC(=O)N1CCn2nc(-c3nc(N4CCN(C(C)=O)CC4)c4ccsc4c3-c3c(F)cc(F)cc3OCCOC)cc2C1C. The van der Waals surface area contributed by atoms with Gasteiger partial charge in [0.05, 0.1) is 30.5 Å². The van der Waals surface area contributed by atoms with E-state index in [1.807, 2.05) is 29.1 Å². The fourth-order valence-electron chi connectivity index (χ4n) is 6.08. The lowest BCUT2D eigenvalue weighted by atomic mass is 9.98. The van der Waals surface area contributed by atoms with E-state index in [-0.39, 0.29) is 42.4 Å². The zero-order chi connectivity index (χ0) is 31.8. The van der Waals surface area contributed by atoms with Gasteiger partial charge in [0, 0.05) is 74.5 Å².